The van der Waals surface area contributed by atoms with Gasteiger partial charge < -0.3 is 9.90 Å². The molecule has 0 atom stereocenters. The van der Waals surface area contributed by atoms with Gasteiger partial charge in [0.2, 0.25) is 0 Å². The maximum Gasteiger partial charge on any atom is 1.00 e. The third kappa shape index (κ3) is 9.37. The molecule has 0 aliphatic carbocycles. The summed E-state index contributed by atoms with van der Waals surface area (Å²) in [6.07, 6.45) is 1.87. The molecule has 0 aliphatic heterocycles. The van der Waals surface area contributed by atoms with Crippen molar-refractivity contribution in [2.75, 3.05) is 0 Å². The molecule has 8 heavy (non-hydrogen) atoms. The third-order valence-corrected chi connectivity index (χ3v) is 0.734. The van der Waals surface area contributed by atoms with Gasteiger partial charge in [-0.1, -0.05) is 13.3 Å². The molecule has 52 valence electrons. The van der Waals surface area contributed by atoms with Crippen LogP contribution in [0.15, 0.2) is 0 Å². The summed E-state index contributed by atoms with van der Waals surface area (Å²) in [4.78, 5) is 9.65. The van der Waals surface area contributed by atoms with Gasteiger partial charge in [-0.3, -0.25) is 0 Å². The number of hydrogen-bond donors (Lipinski definition) is 0. The van der Waals surface area contributed by atoms with Gasteiger partial charge in [0, 0.05) is 5.97 Å². The van der Waals surface area contributed by atoms with Crippen molar-refractivity contribution in [3.05, 3.63) is 0 Å². The molecule has 0 rings (SSSR count). The number of carbonyl (C=O) groups is 1. The van der Waals surface area contributed by atoms with Crippen LogP contribution in [0.25, 0.3) is 0 Å². The van der Waals surface area contributed by atoms with E-state index in [0.717, 1.165) is 12.8 Å². The predicted molar refractivity (Wildman–Crippen MR) is 24.5 cm³/mol. The third-order valence-electron chi connectivity index (χ3n) is 0.734. The zero-order valence-electron chi connectivity index (χ0n) is 4.74. The minimum atomic E-state index is -0.943. The van der Waals surface area contributed by atoms with Crippen LogP contribution in [0, 0.1) is 0 Å². The van der Waals surface area contributed by atoms with Crippen molar-refractivity contribution < 1.29 is 27.0 Å². The Morgan fingerprint density at radius 3 is 2.25 bits per heavy atom. The summed E-state index contributed by atoms with van der Waals surface area (Å²) in [5.74, 6) is -0.943. The Bertz CT molecular complexity index is 63.4. The fourth-order valence-corrected chi connectivity index (χ4v) is 0.321. The van der Waals surface area contributed by atoms with Gasteiger partial charge in [-0.05, 0) is 12.8 Å². The fraction of sp³-hybridized carbons (Fsp3) is 0.800. The van der Waals surface area contributed by atoms with E-state index in [-0.39, 0.29) is 23.5 Å². The first-order valence-corrected chi connectivity index (χ1v) is 2.47. The average Bonchev–Trinajstić information content (AvgIpc) is 1.61. The molecule has 0 aliphatic rings. The van der Waals surface area contributed by atoms with Gasteiger partial charge in [0.15, 0.2) is 0 Å². The smallest absolute Gasteiger partial charge is 0.550 e. The van der Waals surface area contributed by atoms with E-state index in [1.54, 1.807) is 0 Å². The molecule has 0 radical (unpaired) electrons. The van der Waals surface area contributed by atoms with Crippen LogP contribution in [0.3, 0.4) is 0 Å². The molecule has 0 saturated carbocycles. The SMILES string of the molecule is CCCCC(=O)[O-].[Cu+]. The second kappa shape index (κ2) is 6.99. The summed E-state index contributed by atoms with van der Waals surface area (Å²) in [5.41, 5.74) is 0. The minimum Gasteiger partial charge on any atom is -0.550 e. The molecule has 0 heterocycles. The number of carboxylic acid groups (broad SMARTS) is 1. The summed E-state index contributed by atoms with van der Waals surface area (Å²) in [7, 11) is 0. The van der Waals surface area contributed by atoms with Crippen LogP contribution >= 0.6 is 0 Å². The van der Waals surface area contributed by atoms with Gasteiger partial charge in [0.05, 0.1) is 0 Å². The zero-order chi connectivity index (χ0) is 5.70. The standard InChI is InChI=1S/C5H10O2.Cu/c1-2-3-4-5(6)7;/h2-4H2,1H3,(H,6,7);/q;+1/p-1. The molecule has 0 saturated heterocycles. The maximum atomic E-state index is 9.65. The Hall–Kier alpha value is -0.0105. The van der Waals surface area contributed by atoms with Crippen LogP contribution in [0.2, 0.25) is 0 Å². The average molecular weight is 165 g/mol. The van der Waals surface area contributed by atoms with Crippen molar-refractivity contribution in [2.45, 2.75) is 26.2 Å². The molecule has 0 unspecified atom stereocenters. The van der Waals surface area contributed by atoms with Crippen LogP contribution in [0.5, 0.6) is 0 Å². The first-order valence-electron chi connectivity index (χ1n) is 2.47. The minimum absolute atomic E-state index is 0. The molecule has 0 fully saturated rings. The molecule has 2 nitrogen and oxygen atoms in total. The number of hydrogen-bond acceptors (Lipinski definition) is 2. The monoisotopic (exact) mass is 164 g/mol. The number of carboxylic acids is 1. The Morgan fingerprint density at radius 2 is 2.12 bits per heavy atom. The summed E-state index contributed by atoms with van der Waals surface area (Å²) < 4.78 is 0. The summed E-state index contributed by atoms with van der Waals surface area (Å²) in [5, 5.41) is 9.65. The second-order valence-corrected chi connectivity index (χ2v) is 1.48. The first kappa shape index (κ1) is 10.9. The molecule has 0 amide bonds. The largest absolute Gasteiger partial charge is 1.00 e. The summed E-state index contributed by atoms with van der Waals surface area (Å²) >= 11 is 0. The molecule has 0 aromatic rings. The maximum absolute atomic E-state index is 9.65. The topological polar surface area (TPSA) is 40.1 Å². The predicted octanol–water partition coefficient (Wildman–Crippen LogP) is -0.0760. The fourth-order valence-electron chi connectivity index (χ4n) is 0.321. The Labute approximate surface area is 59.8 Å². The van der Waals surface area contributed by atoms with Crippen LogP contribution in [0.1, 0.15) is 26.2 Å². The molecule has 0 spiro atoms. The van der Waals surface area contributed by atoms with E-state index in [1.807, 2.05) is 6.92 Å². The molecular formula is C5H9CuO2. The van der Waals surface area contributed by atoms with Crippen molar-refractivity contribution >= 4 is 5.97 Å². The summed E-state index contributed by atoms with van der Waals surface area (Å²) in [6.45, 7) is 1.95. The molecule has 0 bridgehead atoms. The van der Waals surface area contributed by atoms with Crippen molar-refractivity contribution in [1.82, 2.24) is 0 Å². The second-order valence-electron chi connectivity index (χ2n) is 1.48. The van der Waals surface area contributed by atoms with E-state index in [2.05, 4.69) is 0 Å². The van der Waals surface area contributed by atoms with Crippen molar-refractivity contribution in [2.24, 2.45) is 0 Å². The molecule has 0 aromatic heterocycles. The zero-order valence-corrected chi connectivity index (χ0v) is 5.68. The number of unbranched alkanes of at least 4 members (excludes halogenated alkanes) is 1. The normalized spacial score (nSPS) is 7.62. The quantitative estimate of drug-likeness (QED) is 0.548. The van der Waals surface area contributed by atoms with Crippen LogP contribution in [-0.4, -0.2) is 5.97 Å². The van der Waals surface area contributed by atoms with E-state index in [9.17, 15) is 9.90 Å². The van der Waals surface area contributed by atoms with Gasteiger partial charge in [-0.25, -0.2) is 0 Å². The molecule has 0 aromatic carbocycles. The van der Waals surface area contributed by atoms with Gasteiger partial charge in [-0.15, -0.1) is 0 Å². The van der Waals surface area contributed by atoms with Crippen molar-refractivity contribution in [3.8, 4) is 0 Å². The van der Waals surface area contributed by atoms with E-state index >= 15 is 0 Å². The van der Waals surface area contributed by atoms with Gasteiger partial charge >= 0.3 is 17.1 Å². The summed E-state index contributed by atoms with van der Waals surface area (Å²) in [6, 6.07) is 0. The van der Waals surface area contributed by atoms with Crippen LogP contribution < -0.4 is 5.11 Å². The Morgan fingerprint density at radius 1 is 1.62 bits per heavy atom. The first-order chi connectivity index (χ1) is 3.27. The van der Waals surface area contributed by atoms with Gasteiger partial charge in [0.1, 0.15) is 0 Å². The van der Waals surface area contributed by atoms with E-state index in [1.165, 1.54) is 0 Å². The van der Waals surface area contributed by atoms with Crippen molar-refractivity contribution in [3.63, 3.8) is 0 Å². The number of aliphatic carboxylic acids is 1. The van der Waals surface area contributed by atoms with E-state index < -0.39 is 5.97 Å². The molecular weight excluding hydrogens is 156 g/mol. The van der Waals surface area contributed by atoms with Crippen LogP contribution in [-0.2, 0) is 21.9 Å². The molecule has 0 N–H and O–H groups in total. The Balaban J connectivity index is 0. The number of carbonyl (C=O) groups excluding carboxylic acids is 1. The van der Waals surface area contributed by atoms with Crippen LogP contribution in [0.4, 0.5) is 0 Å². The van der Waals surface area contributed by atoms with Crippen molar-refractivity contribution in [1.29, 1.82) is 0 Å². The van der Waals surface area contributed by atoms with E-state index in [4.69, 9.17) is 0 Å². The Kier molecular flexibility index (Phi) is 9.51. The van der Waals surface area contributed by atoms with E-state index in [0.29, 0.717) is 0 Å². The van der Waals surface area contributed by atoms with Gasteiger partial charge in [-0.2, -0.15) is 0 Å². The molecule has 3 heteroatoms. The van der Waals surface area contributed by atoms with Gasteiger partial charge in [0.25, 0.3) is 0 Å². The number of rotatable bonds is 3.